The molecule has 0 amide bonds. The number of halogens is 1. The van der Waals surface area contributed by atoms with Gasteiger partial charge in [0.2, 0.25) is 10.0 Å². The molecule has 3 N–H and O–H groups in total. The van der Waals surface area contributed by atoms with Gasteiger partial charge in [0.1, 0.15) is 10.7 Å². The molecule has 0 fully saturated rings. The topological polar surface area (TPSA) is 75.4 Å². The summed E-state index contributed by atoms with van der Waals surface area (Å²) in [4.78, 5) is 1.57. The molecule has 0 saturated heterocycles. The van der Waals surface area contributed by atoms with Crippen LogP contribution in [0, 0.1) is 5.82 Å². The molecule has 0 atom stereocenters. The molecule has 102 valence electrons. The number of nitrogens with one attached hydrogen (secondary N) is 1. The molecule has 7 heteroatoms. The lowest BCUT2D eigenvalue weighted by molar-refractivity contribution is 0.400. The minimum atomic E-state index is -3.80. The summed E-state index contributed by atoms with van der Waals surface area (Å²) >= 11 is 0. The van der Waals surface area contributed by atoms with E-state index in [9.17, 15) is 12.8 Å². The molecule has 0 aromatic heterocycles. The summed E-state index contributed by atoms with van der Waals surface area (Å²) in [5, 5.41) is 0. The Hall–Kier alpha value is -1.18. The van der Waals surface area contributed by atoms with Gasteiger partial charge in [-0.05, 0) is 45.3 Å². The van der Waals surface area contributed by atoms with Crippen LogP contribution in [0.3, 0.4) is 0 Å². The van der Waals surface area contributed by atoms with Crippen LogP contribution in [0.1, 0.15) is 6.42 Å². The molecule has 0 unspecified atom stereocenters. The van der Waals surface area contributed by atoms with Crippen LogP contribution in [0.2, 0.25) is 0 Å². The molecule has 0 radical (unpaired) electrons. The SMILES string of the molecule is CN(C)CCCNS(=O)(=O)c1ccc(N)cc1F. The molecule has 1 aromatic rings. The fraction of sp³-hybridized carbons (Fsp3) is 0.455. The van der Waals surface area contributed by atoms with E-state index >= 15 is 0 Å². The van der Waals surface area contributed by atoms with Crippen molar-refractivity contribution in [3.8, 4) is 0 Å². The standard InChI is InChI=1S/C11H18FN3O2S/c1-15(2)7-3-6-14-18(16,17)11-5-4-9(13)8-10(11)12/h4-5,8,14H,3,6-7,13H2,1-2H3. The van der Waals surface area contributed by atoms with Crippen molar-refractivity contribution in [3.63, 3.8) is 0 Å². The molecular formula is C11H18FN3O2S. The highest BCUT2D eigenvalue weighted by Gasteiger charge is 2.18. The number of hydrogen-bond donors (Lipinski definition) is 2. The summed E-state index contributed by atoms with van der Waals surface area (Å²) in [5.41, 5.74) is 5.56. The lowest BCUT2D eigenvalue weighted by Gasteiger charge is -2.11. The van der Waals surface area contributed by atoms with Crippen LogP contribution in [0.4, 0.5) is 10.1 Å². The Morgan fingerprint density at radius 3 is 2.61 bits per heavy atom. The van der Waals surface area contributed by atoms with Crippen molar-refractivity contribution >= 4 is 15.7 Å². The van der Waals surface area contributed by atoms with Gasteiger partial charge in [-0.1, -0.05) is 0 Å². The van der Waals surface area contributed by atoms with Gasteiger partial charge in [0.15, 0.2) is 0 Å². The maximum Gasteiger partial charge on any atom is 0.243 e. The molecule has 0 saturated carbocycles. The van der Waals surface area contributed by atoms with E-state index in [4.69, 9.17) is 5.73 Å². The van der Waals surface area contributed by atoms with Crippen LogP contribution in [0.25, 0.3) is 0 Å². The average Bonchev–Trinajstić information content (AvgIpc) is 2.23. The van der Waals surface area contributed by atoms with Crippen molar-refractivity contribution in [1.82, 2.24) is 9.62 Å². The van der Waals surface area contributed by atoms with Crippen molar-refractivity contribution in [1.29, 1.82) is 0 Å². The number of nitrogens with two attached hydrogens (primary N) is 1. The summed E-state index contributed by atoms with van der Waals surface area (Å²) in [7, 11) is -0.0108. The van der Waals surface area contributed by atoms with Gasteiger partial charge < -0.3 is 10.6 Å². The Labute approximate surface area is 107 Å². The molecule has 18 heavy (non-hydrogen) atoms. The molecule has 0 heterocycles. The summed E-state index contributed by atoms with van der Waals surface area (Å²) < 4.78 is 39.4. The first-order valence-electron chi connectivity index (χ1n) is 5.52. The minimum Gasteiger partial charge on any atom is -0.399 e. The van der Waals surface area contributed by atoms with Crippen molar-refractivity contribution in [3.05, 3.63) is 24.0 Å². The fourth-order valence-corrected chi connectivity index (χ4v) is 2.55. The lowest BCUT2D eigenvalue weighted by Crippen LogP contribution is -2.28. The molecule has 1 rings (SSSR count). The Kier molecular flexibility index (Phi) is 5.06. The quantitative estimate of drug-likeness (QED) is 0.590. The lowest BCUT2D eigenvalue weighted by atomic mass is 10.3. The van der Waals surface area contributed by atoms with Crippen LogP contribution in [-0.2, 0) is 10.0 Å². The third-order valence-electron chi connectivity index (χ3n) is 2.32. The molecule has 0 aliphatic carbocycles. The minimum absolute atomic E-state index is 0.194. The van der Waals surface area contributed by atoms with E-state index in [0.717, 1.165) is 12.6 Å². The first kappa shape index (κ1) is 14.9. The average molecular weight is 275 g/mol. The van der Waals surface area contributed by atoms with Crippen molar-refractivity contribution < 1.29 is 12.8 Å². The molecule has 0 aliphatic rings. The van der Waals surface area contributed by atoms with Gasteiger partial charge in [-0.15, -0.1) is 0 Å². The first-order valence-corrected chi connectivity index (χ1v) is 7.00. The van der Waals surface area contributed by atoms with E-state index in [2.05, 4.69) is 4.72 Å². The zero-order chi connectivity index (χ0) is 13.8. The maximum absolute atomic E-state index is 13.5. The Morgan fingerprint density at radius 1 is 1.39 bits per heavy atom. The van der Waals surface area contributed by atoms with Crippen LogP contribution in [0.5, 0.6) is 0 Å². The predicted octanol–water partition coefficient (Wildman–Crippen LogP) is 0.638. The van der Waals surface area contributed by atoms with E-state index in [0.29, 0.717) is 6.42 Å². The number of nitrogens with zero attached hydrogens (tertiary/aromatic N) is 1. The number of hydrogen-bond acceptors (Lipinski definition) is 4. The van der Waals surface area contributed by atoms with Crippen LogP contribution < -0.4 is 10.5 Å². The van der Waals surface area contributed by atoms with Crippen molar-refractivity contribution in [2.45, 2.75) is 11.3 Å². The number of rotatable bonds is 6. The smallest absolute Gasteiger partial charge is 0.243 e. The predicted molar refractivity (Wildman–Crippen MR) is 69.2 cm³/mol. The van der Waals surface area contributed by atoms with E-state index in [1.165, 1.54) is 12.1 Å². The van der Waals surface area contributed by atoms with Gasteiger partial charge in [-0.2, -0.15) is 0 Å². The van der Waals surface area contributed by atoms with Gasteiger partial charge in [-0.3, -0.25) is 0 Å². The molecule has 0 bridgehead atoms. The highest BCUT2D eigenvalue weighted by atomic mass is 32.2. The van der Waals surface area contributed by atoms with Crippen molar-refractivity contribution in [2.75, 3.05) is 32.9 Å². The maximum atomic E-state index is 13.5. The molecule has 0 aliphatic heterocycles. The van der Waals surface area contributed by atoms with Crippen LogP contribution in [-0.4, -0.2) is 40.5 Å². The third-order valence-corrected chi connectivity index (χ3v) is 3.81. The zero-order valence-corrected chi connectivity index (χ0v) is 11.3. The molecule has 5 nitrogen and oxygen atoms in total. The van der Waals surface area contributed by atoms with Crippen LogP contribution in [0.15, 0.2) is 23.1 Å². The second-order valence-corrected chi connectivity index (χ2v) is 5.98. The van der Waals surface area contributed by atoms with E-state index in [-0.39, 0.29) is 17.1 Å². The molecule has 0 spiro atoms. The second kappa shape index (κ2) is 6.12. The Bertz CT molecular complexity index is 503. The molecular weight excluding hydrogens is 257 g/mol. The summed E-state index contributed by atoms with van der Waals surface area (Å²) in [5.74, 6) is -0.838. The van der Waals surface area contributed by atoms with Gasteiger partial charge in [-0.25, -0.2) is 17.5 Å². The van der Waals surface area contributed by atoms with E-state index < -0.39 is 15.8 Å². The van der Waals surface area contributed by atoms with Crippen molar-refractivity contribution in [2.24, 2.45) is 0 Å². The number of nitrogen functional groups attached to an aromatic ring is 1. The normalized spacial score (nSPS) is 12.0. The van der Waals surface area contributed by atoms with E-state index in [1.54, 1.807) is 0 Å². The highest BCUT2D eigenvalue weighted by Crippen LogP contribution is 2.16. The molecule has 1 aromatic carbocycles. The van der Waals surface area contributed by atoms with Gasteiger partial charge in [0.05, 0.1) is 0 Å². The third kappa shape index (κ3) is 4.25. The summed E-state index contributed by atoms with van der Waals surface area (Å²) in [6, 6.07) is 3.52. The fourth-order valence-electron chi connectivity index (χ4n) is 1.41. The summed E-state index contributed by atoms with van der Waals surface area (Å²) in [6.45, 7) is 1.02. The number of sulfonamides is 1. The highest BCUT2D eigenvalue weighted by molar-refractivity contribution is 7.89. The van der Waals surface area contributed by atoms with Gasteiger partial charge in [0, 0.05) is 12.2 Å². The van der Waals surface area contributed by atoms with E-state index in [1.807, 2.05) is 19.0 Å². The van der Waals surface area contributed by atoms with Crippen LogP contribution >= 0.6 is 0 Å². The monoisotopic (exact) mass is 275 g/mol. The zero-order valence-electron chi connectivity index (χ0n) is 10.5. The summed E-state index contributed by atoms with van der Waals surface area (Å²) in [6.07, 6.45) is 0.656. The Balaban J connectivity index is 2.69. The number of anilines is 1. The van der Waals surface area contributed by atoms with Gasteiger partial charge in [0.25, 0.3) is 0 Å². The largest absolute Gasteiger partial charge is 0.399 e. The Morgan fingerprint density at radius 2 is 2.06 bits per heavy atom. The first-order chi connectivity index (χ1) is 8.33. The number of benzene rings is 1. The van der Waals surface area contributed by atoms with Gasteiger partial charge >= 0.3 is 0 Å². The second-order valence-electron chi connectivity index (χ2n) is 4.24.